The molecule has 2 fully saturated rings. The molecule has 2 aliphatic carbocycles. The average molecular weight is 419 g/mol. The zero-order valence-corrected chi connectivity index (χ0v) is 18.2. The highest BCUT2D eigenvalue weighted by Crippen LogP contribution is 2.49. The van der Waals surface area contributed by atoms with Crippen LogP contribution in [0.25, 0.3) is 16.7 Å². The van der Waals surface area contributed by atoms with Crippen LogP contribution in [0.2, 0.25) is 0 Å². The predicted molar refractivity (Wildman–Crippen MR) is 119 cm³/mol. The molecule has 1 aromatic carbocycles. The van der Waals surface area contributed by atoms with Gasteiger partial charge in [0.15, 0.2) is 5.65 Å². The Morgan fingerprint density at radius 2 is 2.20 bits per heavy atom. The number of nitriles is 1. The van der Waals surface area contributed by atoms with Crippen molar-refractivity contribution < 1.29 is 4.79 Å². The molecular formula is C24H26N4OS. The third kappa shape index (κ3) is 3.26. The Bertz CT molecular complexity index is 1180. The number of fused-ring (bicyclic) bond motifs is 5. The number of nitrogens with one attached hydrogen (secondary N) is 1. The summed E-state index contributed by atoms with van der Waals surface area (Å²) in [5.74, 6) is 2.77. The molecule has 2 aromatic heterocycles. The number of carbonyl (C=O) groups is 1. The molecule has 1 amide bonds. The number of pyridine rings is 1. The van der Waals surface area contributed by atoms with Crippen molar-refractivity contribution in [3.8, 4) is 6.07 Å². The molecule has 0 unspecified atom stereocenters. The maximum absolute atomic E-state index is 12.7. The monoisotopic (exact) mass is 418 g/mol. The lowest BCUT2D eigenvalue weighted by Gasteiger charge is -2.28. The topological polar surface area (TPSA) is 70.2 Å². The Morgan fingerprint density at radius 3 is 2.93 bits per heavy atom. The van der Waals surface area contributed by atoms with E-state index in [4.69, 9.17) is 0 Å². The smallest absolute Gasteiger partial charge is 0.230 e. The molecule has 5 rings (SSSR count). The van der Waals surface area contributed by atoms with Crippen molar-refractivity contribution in [3.63, 3.8) is 0 Å². The standard InChI is InChI=1S/C24H26N4OS/c1-14-9-23(28-21-6-4-3-5-20(21)27-24(28)19(14)12-25)30-13-22(29)26-15(2)18-11-16-7-8-17(18)10-16/h3-6,9,15-18H,7-8,10-11,13H2,1-2H3,(H,26,29)/t15-,16-,17-,18-/m0/s1. The molecule has 6 heteroatoms. The van der Waals surface area contributed by atoms with Gasteiger partial charge in [0.05, 0.1) is 27.4 Å². The Kier molecular flexibility index (Phi) is 4.94. The lowest BCUT2D eigenvalue weighted by molar-refractivity contribution is -0.119. The highest BCUT2D eigenvalue weighted by Gasteiger charge is 2.42. The van der Waals surface area contributed by atoms with Crippen molar-refractivity contribution in [2.75, 3.05) is 5.75 Å². The SMILES string of the molecule is Cc1cc(SCC(=O)N[C@@H](C)[C@@H]2C[C@H]3CC[C@H]2C3)n2c(nc3ccccc32)c1C#N. The normalized spacial score (nSPS) is 23.7. The molecule has 30 heavy (non-hydrogen) atoms. The molecule has 2 bridgehead atoms. The number of amides is 1. The van der Waals surface area contributed by atoms with E-state index in [0.29, 0.717) is 22.9 Å². The summed E-state index contributed by atoms with van der Waals surface area (Å²) in [5.41, 5.74) is 3.96. The van der Waals surface area contributed by atoms with E-state index in [1.807, 2.05) is 41.7 Å². The number of carbonyl (C=O) groups excluding carboxylic acids is 1. The summed E-state index contributed by atoms with van der Waals surface area (Å²) < 4.78 is 2.01. The first-order valence-corrected chi connectivity index (χ1v) is 11.8. The van der Waals surface area contributed by atoms with Gasteiger partial charge in [-0.2, -0.15) is 5.26 Å². The molecular weight excluding hydrogens is 392 g/mol. The molecule has 0 spiro atoms. The number of hydrogen-bond acceptors (Lipinski definition) is 4. The molecule has 0 aliphatic heterocycles. The number of thioether (sulfide) groups is 1. The van der Waals surface area contributed by atoms with Gasteiger partial charge in [0.25, 0.3) is 0 Å². The summed E-state index contributed by atoms with van der Waals surface area (Å²) >= 11 is 1.51. The zero-order chi connectivity index (χ0) is 20.8. The van der Waals surface area contributed by atoms with Gasteiger partial charge in [0.1, 0.15) is 6.07 Å². The first-order valence-electron chi connectivity index (χ1n) is 10.8. The molecule has 5 nitrogen and oxygen atoms in total. The largest absolute Gasteiger partial charge is 0.353 e. The number of aryl methyl sites for hydroxylation is 1. The second-order valence-electron chi connectivity index (χ2n) is 8.90. The molecule has 154 valence electrons. The van der Waals surface area contributed by atoms with Crippen LogP contribution in [0.1, 0.15) is 43.7 Å². The van der Waals surface area contributed by atoms with Crippen LogP contribution in [0.15, 0.2) is 35.4 Å². The van der Waals surface area contributed by atoms with E-state index in [9.17, 15) is 10.1 Å². The van der Waals surface area contributed by atoms with Crippen LogP contribution in [-0.2, 0) is 4.79 Å². The molecule has 4 atom stereocenters. The van der Waals surface area contributed by atoms with Gasteiger partial charge in [-0.1, -0.05) is 30.3 Å². The van der Waals surface area contributed by atoms with Crippen molar-refractivity contribution in [3.05, 3.63) is 41.5 Å². The van der Waals surface area contributed by atoms with E-state index in [1.165, 1.54) is 37.4 Å². The Morgan fingerprint density at radius 1 is 1.37 bits per heavy atom. The minimum absolute atomic E-state index is 0.0786. The maximum atomic E-state index is 12.7. The fraction of sp³-hybridized carbons (Fsp3) is 0.458. The highest BCUT2D eigenvalue weighted by molar-refractivity contribution is 7.99. The van der Waals surface area contributed by atoms with E-state index in [0.717, 1.165) is 33.5 Å². The fourth-order valence-electron chi connectivity index (χ4n) is 5.61. The Labute approximate surface area is 180 Å². The van der Waals surface area contributed by atoms with Crippen LogP contribution in [-0.4, -0.2) is 27.1 Å². The van der Waals surface area contributed by atoms with Crippen LogP contribution >= 0.6 is 11.8 Å². The van der Waals surface area contributed by atoms with Gasteiger partial charge >= 0.3 is 0 Å². The number of imidazole rings is 1. The summed E-state index contributed by atoms with van der Waals surface area (Å²) in [5, 5.41) is 13.8. The number of benzene rings is 1. The van der Waals surface area contributed by atoms with Crippen LogP contribution < -0.4 is 5.32 Å². The van der Waals surface area contributed by atoms with Crippen LogP contribution in [0.4, 0.5) is 0 Å². The Hall–Kier alpha value is -2.52. The Balaban J connectivity index is 1.36. The van der Waals surface area contributed by atoms with E-state index in [2.05, 4.69) is 23.3 Å². The van der Waals surface area contributed by atoms with Crippen molar-refractivity contribution in [1.29, 1.82) is 5.26 Å². The molecule has 0 saturated heterocycles. The van der Waals surface area contributed by atoms with E-state index in [1.54, 1.807) is 0 Å². The van der Waals surface area contributed by atoms with Gasteiger partial charge in [0.2, 0.25) is 5.91 Å². The summed E-state index contributed by atoms with van der Waals surface area (Å²) in [7, 11) is 0. The van der Waals surface area contributed by atoms with Gasteiger partial charge in [0, 0.05) is 6.04 Å². The maximum Gasteiger partial charge on any atom is 0.230 e. The summed E-state index contributed by atoms with van der Waals surface area (Å²) in [4.78, 5) is 17.4. The van der Waals surface area contributed by atoms with Crippen molar-refractivity contribution >= 4 is 34.3 Å². The fourth-order valence-corrected chi connectivity index (χ4v) is 6.54. The zero-order valence-electron chi connectivity index (χ0n) is 17.4. The molecule has 0 radical (unpaired) electrons. The third-order valence-corrected chi connectivity index (χ3v) is 8.03. The quantitative estimate of drug-likeness (QED) is 0.610. The summed E-state index contributed by atoms with van der Waals surface area (Å²) in [6.07, 6.45) is 5.34. The van der Waals surface area contributed by atoms with E-state index in [-0.39, 0.29) is 11.9 Å². The molecule has 2 saturated carbocycles. The lowest BCUT2D eigenvalue weighted by atomic mass is 9.84. The minimum atomic E-state index is 0.0786. The van der Waals surface area contributed by atoms with Gasteiger partial charge in [-0.15, -0.1) is 0 Å². The molecule has 2 heterocycles. The minimum Gasteiger partial charge on any atom is -0.353 e. The number of hydrogen-bond donors (Lipinski definition) is 1. The second kappa shape index (κ2) is 7.63. The van der Waals surface area contributed by atoms with E-state index >= 15 is 0 Å². The first-order chi connectivity index (χ1) is 14.5. The van der Waals surface area contributed by atoms with E-state index < -0.39 is 0 Å². The van der Waals surface area contributed by atoms with Gasteiger partial charge in [-0.3, -0.25) is 9.20 Å². The second-order valence-corrected chi connectivity index (χ2v) is 9.89. The first kappa shape index (κ1) is 19.4. The number of nitrogens with zero attached hydrogens (tertiary/aromatic N) is 3. The average Bonchev–Trinajstić information content (AvgIpc) is 3.46. The predicted octanol–water partition coefficient (Wildman–Crippen LogP) is 4.70. The number of rotatable bonds is 5. The lowest BCUT2D eigenvalue weighted by Crippen LogP contribution is -2.40. The number of para-hydroxylation sites is 2. The number of aromatic nitrogens is 2. The van der Waals surface area contributed by atoms with Crippen LogP contribution in [0, 0.1) is 36.0 Å². The van der Waals surface area contributed by atoms with Crippen molar-refractivity contribution in [1.82, 2.24) is 14.7 Å². The summed E-state index contributed by atoms with van der Waals surface area (Å²) in [6.45, 7) is 4.10. The van der Waals surface area contributed by atoms with Crippen molar-refractivity contribution in [2.45, 2.75) is 50.6 Å². The van der Waals surface area contributed by atoms with Crippen LogP contribution in [0.5, 0.6) is 0 Å². The van der Waals surface area contributed by atoms with Crippen molar-refractivity contribution in [2.24, 2.45) is 17.8 Å². The van der Waals surface area contributed by atoms with Crippen LogP contribution in [0.3, 0.4) is 0 Å². The molecule has 2 aliphatic rings. The highest BCUT2D eigenvalue weighted by atomic mass is 32.2. The molecule has 1 N–H and O–H groups in total. The van der Waals surface area contributed by atoms with Gasteiger partial charge < -0.3 is 5.32 Å². The third-order valence-electron chi connectivity index (χ3n) is 7.03. The van der Waals surface area contributed by atoms with Gasteiger partial charge in [-0.05, 0) is 74.6 Å². The molecule has 3 aromatic rings. The van der Waals surface area contributed by atoms with Gasteiger partial charge in [-0.25, -0.2) is 4.98 Å². The summed E-state index contributed by atoms with van der Waals surface area (Å²) in [6, 6.07) is 12.4.